The molecule has 7 nitrogen and oxygen atoms in total. The standard InChI is InChI=1S/C25H24ClN3O4S/c1-2-29-23-6-4-3-5-19(23)20-15-17(7-10-24(20)29)27-25(30)21-16-18(8-9-22(21)26)34(31,32)28-11-13-33-14-12-28/h3-10,15-16H,2,11-14H2,1H3,(H,27,30). The smallest absolute Gasteiger partial charge is 0.257 e. The average Bonchev–Trinajstić information content (AvgIpc) is 3.17. The first-order chi connectivity index (χ1) is 16.4. The largest absolute Gasteiger partial charge is 0.379 e. The van der Waals surface area contributed by atoms with Gasteiger partial charge in [-0.25, -0.2) is 8.42 Å². The quantitative estimate of drug-likeness (QED) is 0.432. The third-order valence-electron chi connectivity index (χ3n) is 6.14. The second kappa shape index (κ2) is 9.03. The predicted octanol–water partition coefficient (Wildman–Crippen LogP) is 4.74. The number of amides is 1. The van der Waals surface area contributed by atoms with Gasteiger partial charge in [0.2, 0.25) is 10.0 Å². The number of anilines is 1. The number of morpholine rings is 1. The van der Waals surface area contributed by atoms with Crippen LogP contribution >= 0.6 is 11.6 Å². The summed E-state index contributed by atoms with van der Waals surface area (Å²) in [6.45, 7) is 4.17. The Hall–Kier alpha value is -2.91. The van der Waals surface area contributed by atoms with Crippen molar-refractivity contribution in [2.45, 2.75) is 18.4 Å². The molecule has 1 aromatic heterocycles. The van der Waals surface area contributed by atoms with Crippen LogP contribution in [0.2, 0.25) is 5.02 Å². The van der Waals surface area contributed by atoms with Gasteiger partial charge in [-0.15, -0.1) is 0 Å². The summed E-state index contributed by atoms with van der Waals surface area (Å²) >= 11 is 6.30. The molecule has 1 aliphatic heterocycles. The van der Waals surface area contributed by atoms with Crippen molar-refractivity contribution in [2.75, 3.05) is 31.6 Å². The van der Waals surface area contributed by atoms with Crippen LogP contribution in [0.15, 0.2) is 65.6 Å². The minimum Gasteiger partial charge on any atom is -0.379 e. The lowest BCUT2D eigenvalue weighted by molar-refractivity contribution is 0.0730. The van der Waals surface area contributed by atoms with E-state index in [9.17, 15) is 13.2 Å². The summed E-state index contributed by atoms with van der Waals surface area (Å²) in [5.74, 6) is -0.470. The first-order valence-corrected chi connectivity index (χ1v) is 12.9. The Bertz CT molecular complexity index is 1510. The van der Waals surface area contributed by atoms with Gasteiger partial charge in [-0.3, -0.25) is 4.79 Å². The van der Waals surface area contributed by atoms with E-state index in [0.29, 0.717) is 18.9 Å². The van der Waals surface area contributed by atoms with Gasteiger partial charge in [-0.2, -0.15) is 4.31 Å². The van der Waals surface area contributed by atoms with Crippen molar-refractivity contribution in [2.24, 2.45) is 0 Å². The Labute approximate surface area is 202 Å². The molecule has 0 radical (unpaired) electrons. The molecular weight excluding hydrogens is 474 g/mol. The fourth-order valence-electron chi connectivity index (χ4n) is 4.45. The molecule has 34 heavy (non-hydrogen) atoms. The predicted molar refractivity (Wildman–Crippen MR) is 134 cm³/mol. The van der Waals surface area contributed by atoms with Gasteiger partial charge in [-0.05, 0) is 49.4 Å². The van der Waals surface area contributed by atoms with Crippen LogP contribution in [0.3, 0.4) is 0 Å². The molecule has 0 aliphatic carbocycles. The number of nitrogens with one attached hydrogen (secondary N) is 1. The van der Waals surface area contributed by atoms with Crippen LogP contribution < -0.4 is 5.32 Å². The molecule has 1 aliphatic rings. The molecule has 0 saturated carbocycles. The second-order valence-corrected chi connectivity index (χ2v) is 10.5. The van der Waals surface area contributed by atoms with Crippen molar-refractivity contribution in [1.82, 2.24) is 8.87 Å². The number of fused-ring (bicyclic) bond motifs is 3. The van der Waals surface area contributed by atoms with Crippen LogP contribution in [0.4, 0.5) is 5.69 Å². The van der Waals surface area contributed by atoms with Crippen LogP contribution in [-0.4, -0.2) is 49.5 Å². The number of rotatable bonds is 5. The Morgan fingerprint density at radius 2 is 1.74 bits per heavy atom. The highest BCUT2D eigenvalue weighted by Crippen LogP contribution is 2.31. The van der Waals surface area contributed by atoms with Crippen LogP contribution in [0, 0.1) is 0 Å². The number of aromatic nitrogens is 1. The van der Waals surface area contributed by atoms with E-state index in [0.717, 1.165) is 28.4 Å². The monoisotopic (exact) mass is 497 g/mol. The Kier molecular flexibility index (Phi) is 6.07. The first kappa shape index (κ1) is 22.9. The molecule has 1 saturated heterocycles. The summed E-state index contributed by atoms with van der Waals surface area (Å²) < 4.78 is 34.9. The number of benzene rings is 3. The minimum absolute atomic E-state index is 0.0328. The van der Waals surface area contributed by atoms with Crippen molar-refractivity contribution in [3.63, 3.8) is 0 Å². The number of para-hydroxylation sites is 1. The molecule has 1 fully saturated rings. The maximum atomic E-state index is 13.1. The Morgan fingerprint density at radius 3 is 2.50 bits per heavy atom. The molecule has 0 spiro atoms. The second-order valence-electron chi connectivity index (χ2n) is 8.11. The molecule has 0 unspecified atom stereocenters. The van der Waals surface area contributed by atoms with Gasteiger partial charge in [0.15, 0.2) is 0 Å². The highest BCUT2D eigenvalue weighted by molar-refractivity contribution is 7.89. The molecule has 5 rings (SSSR count). The molecule has 1 amide bonds. The maximum absolute atomic E-state index is 13.1. The van der Waals surface area contributed by atoms with Crippen LogP contribution in [-0.2, 0) is 21.3 Å². The zero-order valence-corrected chi connectivity index (χ0v) is 20.2. The number of carbonyl (C=O) groups excluding carboxylic acids is 1. The SMILES string of the molecule is CCn1c2ccccc2c2cc(NC(=O)c3cc(S(=O)(=O)N4CCOCC4)ccc3Cl)ccc21. The lowest BCUT2D eigenvalue weighted by Crippen LogP contribution is -2.40. The first-order valence-electron chi connectivity index (χ1n) is 11.1. The van der Waals surface area contributed by atoms with Gasteiger partial charge in [0.1, 0.15) is 0 Å². The molecular formula is C25H24ClN3O4S. The van der Waals surface area contributed by atoms with Crippen LogP contribution in [0.5, 0.6) is 0 Å². The van der Waals surface area contributed by atoms with Crippen molar-refractivity contribution in [1.29, 1.82) is 0 Å². The number of sulfonamides is 1. The number of aryl methyl sites for hydroxylation is 1. The topological polar surface area (TPSA) is 80.6 Å². The maximum Gasteiger partial charge on any atom is 0.257 e. The van der Waals surface area contributed by atoms with Gasteiger partial charge in [-0.1, -0.05) is 29.8 Å². The minimum atomic E-state index is -3.75. The zero-order valence-electron chi connectivity index (χ0n) is 18.6. The molecule has 0 atom stereocenters. The van der Waals surface area contributed by atoms with E-state index in [1.165, 1.54) is 22.5 Å². The van der Waals surface area contributed by atoms with E-state index in [-0.39, 0.29) is 28.6 Å². The highest BCUT2D eigenvalue weighted by atomic mass is 35.5. The molecule has 4 aromatic rings. The van der Waals surface area contributed by atoms with E-state index in [1.807, 2.05) is 30.3 Å². The molecule has 2 heterocycles. The van der Waals surface area contributed by atoms with E-state index in [4.69, 9.17) is 16.3 Å². The summed E-state index contributed by atoms with van der Waals surface area (Å²) in [5, 5.41) is 5.20. The molecule has 1 N–H and O–H groups in total. The van der Waals surface area contributed by atoms with Gasteiger partial charge in [0.05, 0.1) is 28.7 Å². The van der Waals surface area contributed by atoms with Crippen LogP contribution in [0.25, 0.3) is 21.8 Å². The van der Waals surface area contributed by atoms with Crippen molar-refractivity contribution >= 4 is 55.0 Å². The summed E-state index contributed by atoms with van der Waals surface area (Å²) in [7, 11) is -3.75. The van der Waals surface area contributed by atoms with Crippen molar-refractivity contribution in [3.8, 4) is 0 Å². The van der Waals surface area contributed by atoms with Crippen molar-refractivity contribution < 1.29 is 17.9 Å². The van der Waals surface area contributed by atoms with Gasteiger partial charge in [0.25, 0.3) is 5.91 Å². The normalized spacial score (nSPS) is 15.1. The highest BCUT2D eigenvalue weighted by Gasteiger charge is 2.27. The van der Waals surface area contributed by atoms with E-state index in [1.54, 1.807) is 0 Å². The number of ether oxygens (including phenoxy) is 1. The number of nitrogens with zero attached hydrogens (tertiary/aromatic N) is 2. The summed E-state index contributed by atoms with van der Waals surface area (Å²) in [5.41, 5.74) is 2.92. The summed E-state index contributed by atoms with van der Waals surface area (Å²) in [6.07, 6.45) is 0. The van der Waals surface area contributed by atoms with Gasteiger partial charge >= 0.3 is 0 Å². The van der Waals surface area contributed by atoms with Crippen molar-refractivity contribution in [3.05, 3.63) is 71.2 Å². The Morgan fingerprint density at radius 1 is 1.00 bits per heavy atom. The number of hydrogen-bond donors (Lipinski definition) is 1. The average molecular weight is 498 g/mol. The molecule has 0 bridgehead atoms. The Balaban J connectivity index is 1.47. The molecule has 9 heteroatoms. The van der Waals surface area contributed by atoms with Gasteiger partial charge in [0, 0.05) is 47.1 Å². The number of hydrogen-bond acceptors (Lipinski definition) is 4. The van der Waals surface area contributed by atoms with E-state index < -0.39 is 15.9 Å². The number of carbonyl (C=O) groups is 1. The molecule has 3 aromatic carbocycles. The number of halogens is 1. The third kappa shape index (κ3) is 3.96. The van der Waals surface area contributed by atoms with E-state index in [2.05, 4.69) is 28.9 Å². The lowest BCUT2D eigenvalue weighted by Gasteiger charge is -2.26. The summed E-state index contributed by atoms with van der Waals surface area (Å²) in [4.78, 5) is 13.2. The lowest BCUT2D eigenvalue weighted by atomic mass is 10.1. The zero-order chi connectivity index (χ0) is 23.9. The van der Waals surface area contributed by atoms with Crippen LogP contribution in [0.1, 0.15) is 17.3 Å². The van der Waals surface area contributed by atoms with Gasteiger partial charge < -0.3 is 14.6 Å². The summed E-state index contributed by atoms with van der Waals surface area (Å²) in [6, 6.07) is 18.1. The fourth-order valence-corrected chi connectivity index (χ4v) is 6.08. The molecule has 176 valence electrons. The third-order valence-corrected chi connectivity index (χ3v) is 8.36. The fraction of sp³-hybridized carbons (Fsp3) is 0.240. The van der Waals surface area contributed by atoms with E-state index >= 15 is 0 Å².